The third-order valence-electron chi connectivity index (χ3n) is 3.56. The molecule has 2 aliphatic rings. The average Bonchev–Trinajstić information content (AvgIpc) is 2.63. The summed E-state index contributed by atoms with van der Waals surface area (Å²) in [4.78, 5) is 2.33. The van der Waals surface area contributed by atoms with Gasteiger partial charge in [-0.15, -0.1) is 0 Å². The highest BCUT2D eigenvalue weighted by Crippen LogP contribution is 2.38. The van der Waals surface area contributed by atoms with E-state index in [-0.39, 0.29) is 5.54 Å². The molecule has 0 amide bonds. The molecule has 3 nitrogen and oxygen atoms in total. The zero-order valence-electron chi connectivity index (χ0n) is 8.83. The highest BCUT2D eigenvalue weighted by atomic mass is 16.5. The van der Waals surface area contributed by atoms with Crippen LogP contribution in [0.1, 0.15) is 26.2 Å². The fourth-order valence-corrected chi connectivity index (χ4v) is 2.72. The lowest BCUT2D eigenvalue weighted by molar-refractivity contribution is -0.00248. The van der Waals surface area contributed by atoms with Gasteiger partial charge in [0.25, 0.3) is 0 Å². The van der Waals surface area contributed by atoms with Gasteiger partial charge in [0.2, 0.25) is 0 Å². The molecule has 0 aromatic rings. The van der Waals surface area contributed by atoms with Crippen molar-refractivity contribution >= 4 is 0 Å². The molecule has 1 heterocycles. The first kappa shape index (κ1) is 9.95. The largest absolute Gasteiger partial charge is 0.379 e. The molecule has 2 unspecified atom stereocenters. The number of rotatable bonds is 1. The summed E-state index contributed by atoms with van der Waals surface area (Å²) >= 11 is 0. The van der Waals surface area contributed by atoms with Crippen molar-refractivity contribution in [1.29, 1.82) is 5.26 Å². The molecule has 78 valence electrons. The van der Waals surface area contributed by atoms with Crippen LogP contribution < -0.4 is 0 Å². The lowest BCUT2D eigenvalue weighted by atomic mass is 9.95. The van der Waals surface area contributed by atoms with E-state index >= 15 is 0 Å². The molecule has 14 heavy (non-hydrogen) atoms. The highest BCUT2D eigenvalue weighted by Gasteiger charge is 2.43. The highest BCUT2D eigenvalue weighted by molar-refractivity contribution is 5.12. The zero-order chi connectivity index (χ0) is 10.0. The number of ether oxygens (including phenoxy) is 1. The quantitative estimate of drug-likeness (QED) is 0.633. The standard InChI is InChI=1S/C11H18N2O/c1-10-2-3-11(8-10,9-12)13-4-6-14-7-5-13/h10H,2-8H2,1H3. The Hall–Kier alpha value is -0.590. The van der Waals surface area contributed by atoms with E-state index in [1.807, 2.05) is 0 Å². The van der Waals surface area contributed by atoms with E-state index in [0.29, 0.717) is 5.92 Å². The first-order chi connectivity index (χ1) is 6.77. The molecule has 0 aromatic carbocycles. The van der Waals surface area contributed by atoms with Crippen LogP contribution in [0.2, 0.25) is 0 Å². The Bertz CT molecular complexity index is 242. The lowest BCUT2D eigenvalue weighted by Gasteiger charge is -2.38. The maximum Gasteiger partial charge on any atom is 0.109 e. The minimum atomic E-state index is -0.163. The number of hydrogen-bond donors (Lipinski definition) is 0. The summed E-state index contributed by atoms with van der Waals surface area (Å²) in [5.74, 6) is 0.706. The second kappa shape index (κ2) is 3.88. The van der Waals surface area contributed by atoms with E-state index in [0.717, 1.165) is 39.1 Å². The van der Waals surface area contributed by atoms with Gasteiger partial charge in [-0.3, -0.25) is 4.90 Å². The Morgan fingerprint density at radius 2 is 2.14 bits per heavy atom. The molecular formula is C11H18N2O. The Morgan fingerprint density at radius 1 is 1.43 bits per heavy atom. The van der Waals surface area contributed by atoms with Crippen LogP contribution in [-0.4, -0.2) is 36.7 Å². The van der Waals surface area contributed by atoms with Gasteiger partial charge in [0.1, 0.15) is 5.54 Å². The fraction of sp³-hybridized carbons (Fsp3) is 0.909. The van der Waals surface area contributed by atoms with Crippen molar-refractivity contribution in [1.82, 2.24) is 4.90 Å². The molecular weight excluding hydrogens is 176 g/mol. The molecule has 2 atom stereocenters. The van der Waals surface area contributed by atoms with Crippen molar-refractivity contribution in [3.05, 3.63) is 0 Å². The predicted molar refractivity (Wildman–Crippen MR) is 53.8 cm³/mol. The van der Waals surface area contributed by atoms with Crippen LogP contribution in [0.15, 0.2) is 0 Å². The predicted octanol–water partition coefficient (Wildman–Crippen LogP) is 1.40. The SMILES string of the molecule is CC1CCC(C#N)(N2CCOCC2)C1. The number of nitrogens with zero attached hydrogens (tertiary/aromatic N) is 2. The summed E-state index contributed by atoms with van der Waals surface area (Å²) in [7, 11) is 0. The Kier molecular flexibility index (Phi) is 2.76. The number of hydrogen-bond acceptors (Lipinski definition) is 3. The fourth-order valence-electron chi connectivity index (χ4n) is 2.72. The maximum absolute atomic E-state index is 9.35. The summed E-state index contributed by atoms with van der Waals surface area (Å²) in [6.45, 7) is 5.69. The first-order valence-corrected chi connectivity index (χ1v) is 5.51. The van der Waals surface area contributed by atoms with E-state index in [1.54, 1.807) is 0 Å². The van der Waals surface area contributed by atoms with Gasteiger partial charge in [-0.2, -0.15) is 5.26 Å². The average molecular weight is 194 g/mol. The monoisotopic (exact) mass is 194 g/mol. The van der Waals surface area contributed by atoms with Crippen LogP contribution in [0.25, 0.3) is 0 Å². The van der Waals surface area contributed by atoms with Gasteiger partial charge in [0.15, 0.2) is 0 Å². The van der Waals surface area contributed by atoms with Crippen LogP contribution in [0.3, 0.4) is 0 Å². The van der Waals surface area contributed by atoms with E-state index in [4.69, 9.17) is 4.74 Å². The van der Waals surface area contributed by atoms with Gasteiger partial charge < -0.3 is 4.74 Å². The smallest absolute Gasteiger partial charge is 0.109 e. The van der Waals surface area contributed by atoms with Crippen molar-refractivity contribution in [3.8, 4) is 6.07 Å². The number of nitriles is 1. The van der Waals surface area contributed by atoms with Crippen molar-refractivity contribution in [2.45, 2.75) is 31.7 Å². The minimum absolute atomic E-state index is 0.163. The van der Waals surface area contributed by atoms with Crippen LogP contribution >= 0.6 is 0 Å². The molecule has 0 radical (unpaired) electrons. The summed E-state index contributed by atoms with van der Waals surface area (Å²) in [5, 5.41) is 9.35. The number of morpholine rings is 1. The lowest BCUT2D eigenvalue weighted by Crippen LogP contribution is -2.51. The Morgan fingerprint density at radius 3 is 2.64 bits per heavy atom. The Labute approximate surface area is 85.6 Å². The molecule has 1 saturated carbocycles. The molecule has 1 saturated heterocycles. The van der Waals surface area contributed by atoms with E-state index in [9.17, 15) is 5.26 Å². The van der Waals surface area contributed by atoms with E-state index in [2.05, 4.69) is 17.9 Å². The first-order valence-electron chi connectivity index (χ1n) is 5.51. The van der Waals surface area contributed by atoms with Gasteiger partial charge in [-0.1, -0.05) is 6.92 Å². The van der Waals surface area contributed by atoms with E-state index in [1.165, 1.54) is 6.42 Å². The molecule has 0 spiro atoms. The topological polar surface area (TPSA) is 36.3 Å². The van der Waals surface area contributed by atoms with E-state index < -0.39 is 0 Å². The zero-order valence-corrected chi connectivity index (χ0v) is 8.83. The van der Waals surface area contributed by atoms with Gasteiger partial charge in [-0.25, -0.2) is 0 Å². The summed E-state index contributed by atoms with van der Waals surface area (Å²) < 4.78 is 5.32. The Balaban J connectivity index is 2.08. The van der Waals surface area contributed by atoms with Gasteiger partial charge >= 0.3 is 0 Å². The van der Waals surface area contributed by atoms with Gasteiger partial charge in [-0.05, 0) is 25.2 Å². The molecule has 2 rings (SSSR count). The molecule has 1 aliphatic heterocycles. The van der Waals surface area contributed by atoms with Gasteiger partial charge in [0.05, 0.1) is 19.3 Å². The normalized spacial score (nSPS) is 39.6. The molecule has 1 aliphatic carbocycles. The van der Waals surface area contributed by atoms with Crippen molar-refractivity contribution in [2.24, 2.45) is 5.92 Å². The van der Waals surface area contributed by atoms with Crippen molar-refractivity contribution in [2.75, 3.05) is 26.3 Å². The van der Waals surface area contributed by atoms with Crippen molar-refractivity contribution < 1.29 is 4.74 Å². The second-order valence-electron chi connectivity index (χ2n) is 4.59. The molecule has 0 N–H and O–H groups in total. The van der Waals surface area contributed by atoms with Crippen LogP contribution in [0.5, 0.6) is 0 Å². The molecule has 0 bridgehead atoms. The second-order valence-corrected chi connectivity index (χ2v) is 4.59. The minimum Gasteiger partial charge on any atom is -0.379 e. The molecule has 3 heteroatoms. The van der Waals surface area contributed by atoms with Gasteiger partial charge in [0, 0.05) is 13.1 Å². The van der Waals surface area contributed by atoms with Crippen LogP contribution in [-0.2, 0) is 4.74 Å². The summed E-state index contributed by atoms with van der Waals surface area (Å²) in [6, 6.07) is 2.55. The molecule has 0 aromatic heterocycles. The summed E-state index contributed by atoms with van der Waals surface area (Å²) in [5.41, 5.74) is -0.163. The maximum atomic E-state index is 9.35. The third-order valence-corrected chi connectivity index (χ3v) is 3.56. The molecule has 2 fully saturated rings. The van der Waals surface area contributed by atoms with Crippen molar-refractivity contribution in [3.63, 3.8) is 0 Å². The third kappa shape index (κ3) is 1.65. The summed E-state index contributed by atoms with van der Waals surface area (Å²) in [6.07, 6.45) is 3.29. The van der Waals surface area contributed by atoms with Crippen LogP contribution in [0, 0.1) is 17.2 Å². The van der Waals surface area contributed by atoms with Crippen LogP contribution in [0.4, 0.5) is 0 Å².